The molecule has 0 aliphatic heterocycles. The topological polar surface area (TPSA) is 88.1 Å². The van der Waals surface area contributed by atoms with Gasteiger partial charge in [0.05, 0.1) is 5.56 Å². The molecule has 30 heavy (non-hydrogen) atoms. The average Bonchev–Trinajstić information content (AvgIpc) is 3.25. The van der Waals surface area contributed by atoms with Gasteiger partial charge in [-0.25, -0.2) is 13.8 Å². The highest BCUT2D eigenvalue weighted by Crippen LogP contribution is 2.37. The standard InChI is InChI=1S/C18H14F5N3O3S/c1-8-6-24-17(30-8)14-10(16(26-25-14)18(21,22)23)7-29-15-11(19)4-9(5-12(15)20)2-3-13(27)28/h4-6H,2-3,7H2,1H3,(H,25,26)(H,27,28). The van der Waals surface area contributed by atoms with Crippen LogP contribution in [0.15, 0.2) is 18.3 Å². The molecule has 0 aliphatic carbocycles. The van der Waals surface area contributed by atoms with Gasteiger partial charge in [0, 0.05) is 17.5 Å². The van der Waals surface area contributed by atoms with Crippen molar-refractivity contribution in [1.82, 2.24) is 15.2 Å². The molecule has 2 heterocycles. The first kappa shape index (κ1) is 21.7. The predicted octanol–water partition coefficient (Wildman–Crippen LogP) is 4.73. The Morgan fingerprint density at radius 2 is 1.93 bits per heavy atom. The fraction of sp³-hybridized carbons (Fsp3) is 0.278. The molecule has 0 fully saturated rings. The summed E-state index contributed by atoms with van der Waals surface area (Å²) in [5.74, 6) is -4.32. The Balaban J connectivity index is 1.90. The smallest absolute Gasteiger partial charge is 0.433 e. The number of carboxylic acids is 1. The van der Waals surface area contributed by atoms with Crippen molar-refractivity contribution in [1.29, 1.82) is 0 Å². The van der Waals surface area contributed by atoms with Crippen LogP contribution in [0.5, 0.6) is 5.75 Å². The maximum Gasteiger partial charge on any atom is 0.433 e. The molecule has 6 nitrogen and oxygen atoms in total. The molecule has 0 saturated heterocycles. The largest absolute Gasteiger partial charge is 0.483 e. The Morgan fingerprint density at radius 3 is 2.47 bits per heavy atom. The summed E-state index contributed by atoms with van der Waals surface area (Å²) < 4.78 is 73.6. The van der Waals surface area contributed by atoms with Crippen molar-refractivity contribution in [2.45, 2.75) is 32.5 Å². The zero-order valence-corrected chi connectivity index (χ0v) is 16.1. The van der Waals surface area contributed by atoms with E-state index < -0.39 is 47.4 Å². The fourth-order valence-corrected chi connectivity index (χ4v) is 3.45. The number of hydrogen-bond donors (Lipinski definition) is 2. The highest BCUT2D eigenvalue weighted by Gasteiger charge is 2.38. The van der Waals surface area contributed by atoms with Crippen LogP contribution in [0.2, 0.25) is 0 Å². The van der Waals surface area contributed by atoms with Gasteiger partial charge in [0.2, 0.25) is 0 Å². The minimum absolute atomic E-state index is 0.0815. The Hall–Kier alpha value is -3.02. The second kappa shape index (κ2) is 8.38. The zero-order chi connectivity index (χ0) is 22.1. The molecule has 3 rings (SSSR count). The summed E-state index contributed by atoms with van der Waals surface area (Å²) in [4.78, 5) is 15.3. The van der Waals surface area contributed by atoms with E-state index in [2.05, 4.69) is 10.1 Å². The van der Waals surface area contributed by atoms with Gasteiger partial charge in [-0.1, -0.05) is 0 Å². The number of aryl methyl sites for hydroxylation is 2. The van der Waals surface area contributed by atoms with Crippen molar-refractivity contribution in [3.8, 4) is 16.5 Å². The number of ether oxygens (including phenoxy) is 1. The number of carbonyl (C=O) groups is 1. The lowest BCUT2D eigenvalue weighted by molar-refractivity contribution is -0.142. The highest BCUT2D eigenvalue weighted by atomic mass is 32.1. The molecule has 0 radical (unpaired) electrons. The molecule has 12 heteroatoms. The average molecular weight is 447 g/mol. The van der Waals surface area contributed by atoms with Crippen molar-refractivity contribution in [2.75, 3.05) is 0 Å². The Kier molecular flexibility index (Phi) is 6.06. The number of aromatic nitrogens is 3. The summed E-state index contributed by atoms with van der Waals surface area (Å²) in [5.41, 5.74) is -1.69. The summed E-state index contributed by atoms with van der Waals surface area (Å²) in [7, 11) is 0. The van der Waals surface area contributed by atoms with E-state index in [9.17, 15) is 26.7 Å². The molecule has 0 aliphatic rings. The Bertz CT molecular complexity index is 1050. The van der Waals surface area contributed by atoms with E-state index in [0.29, 0.717) is 0 Å². The van der Waals surface area contributed by atoms with Crippen LogP contribution in [0.25, 0.3) is 10.7 Å². The van der Waals surface area contributed by atoms with Gasteiger partial charge in [0.1, 0.15) is 23.0 Å². The number of halogens is 5. The summed E-state index contributed by atoms with van der Waals surface area (Å²) in [6, 6.07) is 1.76. The van der Waals surface area contributed by atoms with Gasteiger partial charge in [-0.3, -0.25) is 9.89 Å². The molecule has 2 aromatic heterocycles. The quantitative estimate of drug-likeness (QED) is 0.511. The van der Waals surface area contributed by atoms with Gasteiger partial charge in [0.15, 0.2) is 17.4 Å². The minimum Gasteiger partial charge on any atom is -0.483 e. The van der Waals surface area contributed by atoms with Crippen LogP contribution in [0.1, 0.15) is 28.1 Å². The molecule has 2 N–H and O–H groups in total. The monoisotopic (exact) mass is 447 g/mol. The van der Waals surface area contributed by atoms with E-state index in [-0.39, 0.29) is 29.1 Å². The SMILES string of the molecule is Cc1cnc(-c2n[nH]c(C(F)(F)F)c2COc2c(F)cc(CCC(=O)O)cc2F)s1. The van der Waals surface area contributed by atoms with Crippen molar-refractivity contribution < 1.29 is 36.6 Å². The van der Waals surface area contributed by atoms with Crippen LogP contribution in [-0.2, 0) is 24.0 Å². The van der Waals surface area contributed by atoms with Crippen LogP contribution in [0, 0.1) is 18.6 Å². The first-order valence-corrected chi connectivity index (χ1v) is 9.27. The van der Waals surface area contributed by atoms with E-state index in [1.165, 1.54) is 6.20 Å². The third-order valence-electron chi connectivity index (χ3n) is 4.02. The second-order valence-electron chi connectivity index (χ2n) is 6.27. The maximum absolute atomic E-state index is 14.3. The zero-order valence-electron chi connectivity index (χ0n) is 15.3. The third kappa shape index (κ3) is 4.75. The van der Waals surface area contributed by atoms with Crippen LogP contribution < -0.4 is 4.74 Å². The van der Waals surface area contributed by atoms with Gasteiger partial charge in [-0.15, -0.1) is 11.3 Å². The number of carboxylic acid groups (broad SMARTS) is 1. The van der Waals surface area contributed by atoms with Crippen LogP contribution in [0.3, 0.4) is 0 Å². The lowest BCUT2D eigenvalue weighted by Crippen LogP contribution is -2.11. The van der Waals surface area contributed by atoms with E-state index in [1.807, 2.05) is 5.10 Å². The molecule has 3 aromatic rings. The van der Waals surface area contributed by atoms with Crippen molar-refractivity contribution >= 4 is 17.3 Å². The highest BCUT2D eigenvalue weighted by molar-refractivity contribution is 7.14. The van der Waals surface area contributed by atoms with E-state index in [0.717, 1.165) is 28.3 Å². The van der Waals surface area contributed by atoms with E-state index in [1.54, 1.807) is 6.92 Å². The number of thiazole rings is 1. The first-order chi connectivity index (χ1) is 14.1. The number of alkyl halides is 3. The summed E-state index contributed by atoms with van der Waals surface area (Å²) >= 11 is 1.10. The van der Waals surface area contributed by atoms with E-state index >= 15 is 0 Å². The molecular weight excluding hydrogens is 433 g/mol. The summed E-state index contributed by atoms with van der Waals surface area (Å²) in [6.07, 6.45) is -3.79. The minimum atomic E-state index is -4.80. The number of aromatic amines is 1. The fourth-order valence-electron chi connectivity index (χ4n) is 2.67. The lowest BCUT2D eigenvalue weighted by Gasteiger charge is -2.12. The van der Waals surface area contributed by atoms with Gasteiger partial charge in [-0.2, -0.15) is 18.3 Å². The normalized spacial score (nSPS) is 11.7. The summed E-state index contributed by atoms with van der Waals surface area (Å²) in [5, 5.41) is 14.4. The number of hydrogen-bond acceptors (Lipinski definition) is 5. The molecule has 0 bridgehead atoms. The molecular formula is C18H14F5N3O3S. The Morgan fingerprint density at radius 1 is 1.27 bits per heavy atom. The van der Waals surface area contributed by atoms with Crippen molar-refractivity contribution in [3.63, 3.8) is 0 Å². The molecule has 0 amide bonds. The van der Waals surface area contributed by atoms with Gasteiger partial charge >= 0.3 is 12.1 Å². The lowest BCUT2D eigenvalue weighted by atomic mass is 10.1. The molecule has 160 valence electrons. The number of nitrogens with zero attached hydrogens (tertiary/aromatic N) is 2. The maximum atomic E-state index is 14.3. The summed E-state index contributed by atoms with van der Waals surface area (Å²) in [6.45, 7) is 0.896. The van der Waals surface area contributed by atoms with Gasteiger partial charge in [0.25, 0.3) is 0 Å². The van der Waals surface area contributed by atoms with Gasteiger partial charge in [-0.05, 0) is 31.0 Å². The second-order valence-corrected chi connectivity index (χ2v) is 7.51. The molecule has 0 spiro atoms. The van der Waals surface area contributed by atoms with E-state index in [4.69, 9.17) is 9.84 Å². The number of H-pyrrole nitrogens is 1. The Labute approximate surface area is 170 Å². The first-order valence-electron chi connectivity index (χ1n) is 8.46. The molecule has 0 atom stereocenters. The number of benzene rings is 1. The van der Waals surface area contributed by atoms with Crippen LogP contribution >= 0.6 is 11.3 Å². The van der Waals surface area contributed by atoms with Crippen molar-refractivity contribution in [3.05, 3.63) is 51.7 Å². The van der Waals surface area contributed by atoms with Crippen molar-refractivity contribution in [2.24, 2.45) is 0 Å². The van der Waals surface area contributed by atoms with Gasteiger partial charge < -0.3 is 9.84 Å². The molecule has 0 unspecified atom stereocenters. The molecule has 1 aromatic carbocycles. The third-order valence-corrected chi connectivity index (χ3v) is 4.94. The molecule has 0 saturated carbocycles. The number of nitrogens with one attached hydrogen (secondary N) is 1. The number of rotatable bonds is 7. The number of aliphatic carboxylic acids is 1. The van der Waals surface area contributed by atoms with Crippen LogP contribution in [0.4, 0.5) is 22.0 Å². The predicted molar refractivity (Wildman–Crippen MR) is 96.1 cm³/mol. The van der Waals surface area contributed by atoms with Crippen LogP contribution in [-0.4, -0.2) is 26.3 Å².